The van der Waals surface area contributed by atoms with E-state index in [1.807, 2.05) is 13.0 Å². The molecule has 1 fully saturated rings. The van der Waals surface area contributed by atoms with E-state index < -0.39 is 11.5 Å². The Morgan fingerprint density at radius 2 is 2.00 bits per heavy atom. The summed E-state index contributed by atoms with van der Waals surface area (Å²) < 4.78 is 1.53. The number of aryl methyl sites for hydroxylation is 2. The molecule has 2 unspecified atom stereocenters. The van der Waals surface area contributed by atoms with E-state index in [2.05, 4.69) is 13.0 Å². The summed E-state index contributed by atoms with van der Waals surface area (Å²) in [6.45, 7) is 4.25. The average Bonchev–Trinajstić information content (AvgIpc) is 3.44. The summed E-state index contributed by atoms with van der Waals surface area (Å²) in [5.74, 6) is -0.345. The van der Waals surface area contributed by atoms with Crippen LogP contribution in [-0.4, -0.2) is 15.5 Å². The van der Waals surface area contributed by atoms with Gasteiger partial charge in [0.2, 0.25) is 0 Å². The van der Waals surface area contributed by atoms with Gasteiger partial charge in [-0.1, -0.05) is 6.92 Å². The third-order valence-electron chi connectivity index (χ3n) is 6.57. The molecule has 5 nitrogen and oxygen atoms in total. The molecule has 3 aromatic rings. The van der Waals surface area contributed by atoms with Gasteiger partial charge < -0.3 is 10.8 Å². The summed E-state index contributed by atoms with van der Waals surface area (Å²) in [5.41, 5.74) is 11.1. The molecule has 0 spiro atoms. The van der Waals surface area contributed by atoms with E-state index in [-0.39, 0.29) is 11.6 Å². The molecule has 2 aliphatic carbocycles. The second-order valence-electron chi connectivity index (χ2n) is 8.50. The Labute approximate surface area is 172 Å². The number of aromatic carboxylic acids is 1. The zero-order valence-electron chi connectivity index (χ0n) is 16.6. The maximum Gasteiger partial charge on any atom is 0.341 e. The van der Waals surface area contributed by atoms with Crippen molar-refractivity contribution >= 4 is 22.8 Å². The second-order valence-corrected chi connectivity index (χ2v) is 9.64. The maximum absolute atomic E-state index is 12.8. The molecule has 0 amide bonds. The standard InChI is InChI=1S/C23H24N2O3S/c1-11-3-6-18-16(20(11)24)10-19(29-18)14-7-8-25-21(12(14)2)15(13-4-5-13)9-17(22(25)26)23(27)28/h7-11,13,20H,3-6,24H2,1-2H3,(H,27,28). The van der Waals surface area contributed by atoms with Gasteiger partial charge in [-0.05, 0) is 84.9 Å². The molecule has 3 aromatic heterocycles. The van der Waals surface area contributed by atoms with Crippen LogP contribution in [0.25, 0.3) is 16.0 Å². The lowest BCUT2D eigenvalue weighted by atomic mass is 9.85. The molecule has 29 heavy (non-hydrogen) atoms. The van der Waals surface area contributed by atoms with Crippen LogP contribution in [0.4, 0.5) is 0 Å². The van der Waals surface area contributed by atoms with Crippen molar-refractivity contribution in [2.45, 2.75) is 51.5 Å². The first-order valence-electron chi connectivity index (χ1n) is 10.2. The van der Waals surface area contributed by atoms with Crippen LogP contribution in [0, 0.1) is 12.8 Å². The number of nitrogens with two attached hydrogens (primary N) is 1. The largest absolute Gasteiger partial charge is 0.477 e. The topological polar surface area (TPSA) is 84.8 Å². The predicted octanol–water partition coefficient (Wildman–Crippen LogP) is 4.49. The van der Waals surface area contributed by atoms with Gasteiger partial charge in [0.1, 0.15) is 5.56 Å². The molecule has 3 heterocycles. The highest BCUT2D eigenvalue weighted by Crippen LogP contribution is 2.45. The van der Waals surface area contributed by atoms with Gasteiger partial charge in [-0.25, -0.2) is 4.79 Å². The predicted molar refractivity (Wildman–Crippen MR) is 115 cm³/mol. The molecule has 5 rings (SSSR count). The van der Waals surface area contributed by atoms with Crippen LogP contribution < -0.4 is 11.3 Å². The highest BCUT2D eigenvalue weighted by atomic mass is 32.1. The van der Waals surface area contributed by atoms with Crippen molar-refractivity contribution in [1.82, 2.24) is 4.40 Å². The van der Waals surface area contributed by atoms with Gasteiger partial charge in [0.05, 0.1) is 5.52 Å². The monoisotopic (exact) mass is 408 g/mol. The number of nitrogens with zero attached hydrogens (tertiary/aromatic N) is 1. The fraction of sp³-hybridized carbons (Fsp3) is 0.391. The quantitative estimate of drug-likeness (QED) is 0.668. The molecule has 1 saturated carbocycles. The van der Waals surface area contributed by atoms with Crippen LogP contribution in [0.1, 0.15) is 70.1 Å². The minimum Gasteiger partial charge on any atom is -0.477 e. The van der Waals surface area contributed by atoms with E-state index in [1.54, 1.807) is 23.6 Å². The summed E-state index contributed by atoms with van der Waals surface area (Å²) in [6.07, 6.45) is 5.99. The lowest BCUT2D eigenvalue weighted by Gasteiger charge is -2.25. The van der Waals surface area contributed by atoms with Gasteiger partial charge in [-0.15, -0.1) is 11.3 Å². The molecule has 0 aromatic carbocycles. The molecule has 3 N–H and O–H groups in total. The van der Waals surface area contributed by atoms with E-state index in [0.717, 1.165) is 47.9 Å². The van der Waals surface area contributed by atoms with Gasteiger partial charge >= 0.3 is 5.97 Å². The molecule has 0 radical (unpaired) electrons. The Bertz CT molecular complexity index is 1220. The molecule has 2 atom stereocenters. The highest BCUT2D eigenvalue weighted by molar-refractivity contribution is 7.15. The van der Waals surface area contributed by atoms with Crippen LogP contribution in [-0.2, 0) is 6.42 Å². The summed E-state index contributed by atoms with van der Waals surface area (Å²) in [5, 5.41) is 9.47. The number of aromatic nitrogens is 1. The van der Waals surface area contributed by atoms with Crippen LogP contribution in [0.15, 0.2) is 29.2 Å². The van der Waals surface area contributed by atoms with Gasteiger partial charge in [0.15, 0.2) is 0 Å². The van der Waals surface area contributed by atoms with E-state index in [1.165, 1.54) is 19.7 Å². The van der Waals surface area contributed by atoms with Gasteiger partial charge in [-0.2, -0.15) is 0 Å². The highest BCUT2D eigenvalue weighted by Gasteiger charge is 2.30. The number of hydrogen-bond donors (Lipinski definition) is 2. The average molecular weight is 409 g/mol. The Hall–Kier alpha value is -2.44. The van der Waals surface area contributed by atoms with Gasteiger partial charge in [0.25, 0.3) is 5.56 Å². The number of hydrogen-bond acceptors (Lipinski definition) is 4. The molecule has 0 bridgehead atoms. The Morgan fingerprint density at radius 1 is 1.24 bits per heavy atom. The minimum absolute atomic E-state index is 0.0762. The molecule has 6 heteroatoms. The van der Waals surface area contributed by atoms with E-state index in [0.29, 0.717) is 11.8 Å². The van der Waals surface area contributed by atoms with Crippen LogP contribution in [0.3, 0.4) is 0 Å². The summed E-state index contributed by atoms with van der Waals surface area (Å²) in [6, 6.07) is 5.84. The molecule has 2 aliphatic rings. The zero-order valence-corrected chi connectivity index (χ0v) is 17.4. The van der Waals surface area contributed by atoms with Crippen molar-refractivity contribution in [2.75, 3.05) is 0 Å². The second kappa shape index (κ2) is 6.54. The Morgan fingerprint density at radius 3 is 2.69 bits per heavy atom. The molecular formula is C23H24N2O3S. The van der Waals surface area contributed by atoms with Gasteiger partial charge in [0, 0.05) is 22.0 Å². The van der Waals surface area contributed by atoms with Gasteiger partial charge in [-0.3, -0.25) is 9.20 Å². The minimum atomic E-state index is -1.16. The van der Waals surface area contributed by atoms with Crippen molar-refractivity contribution in [2.24, 2.45) is 11.7 Å². The van der Waals surface area contributed by atoms with Crippen molar-refractivity contribution in [3.8, 4) is 10.4 Å². The third-order valence-corrected chi connectivity index (χ3v) is 7.81. The smallest absolute Gasteiger partial charge is 0.341 e. The lowest BCUT2D eigenvalue weighted by molar-refractivity contribution is 0.0694. The first-order valence-corrected chi connectivity index (χ1v) is 11.0. The zero-order chi connectivity index (χ0) is 20.4. The van der Waals surface area contributed by atoms with Crippen LogP contribution in [0.2, 0.25) is 0 Å². The van der Waals surface area contributed by atoms with Crippen LogP contribution >= 0.6 is 11.3 Å². The fourth-order valence-corrected chi connectivity index (χ4v) is 5.94. The number of fused-ring (bicyclic) bond motifs is 2. The van der Waals surface area contributed by atoms with Crippen molar-refractivity contribution in [3.63, 3.8) is 0 Å². The van der Waals surface area contributed by atoms with E-state index in [9.17, 15) is 14.7 Å². The van der Waals surface area contributed by atoms with Crippen molar-refractivity contribution < 1.29 is 9.90 Å². The van der Waals surface area contributed by atoms with E-state index >= 15 is 0 Å². The Balaban J connectivity index is 1.74. The maximum atomic E-state index is 12.8. The summed E-state index contributed by atoms with van der Waals surface area (Å²) in [7, 11) is 0. The Kier molecular flexibility index (Phi) is 4.19. The van der Waals surface area contributed by atoms with Crippen molar-refractivity contribution in [1.29, 1.82) is 0 Å². The van der Waals surface area contributed by atoms with E-state index in [4.69, 9.17) is 5.73 Å². The molecule has 0 saturated heterocycles. The first kappa shape index (κ1) is 18.6. The third kappa shape index (κ3) is 2.85. The number of carbonyl (C=O) groups is 1. The summed E-state index contributed by atoms with van der Waals surface area (Å²) >= 11 is 1.80. The van der Waals surface area contributed by atoms with Crippen LogP contribution in [0.5, 0.6) is 0 Å². The molecule has 0 aliphatic heterocycles. The number of rotatable bonds is 3. The normalized spacial score (nSPS) is 21.3. The summed E-state index contributed by atoms with van der Waals surface area (Å²) in [4.78, 5) is 26.9. The molecule has 150 valence electrons. The number of carboxylic acids is 1. The molecular weight excluding hydrogens is 384 g/mol. The SMILES string of the molecule is Cc1c(-c2cc3c(s2)CCC(C)C3N)ccn2c(=O)c(C(=O)O)cc(C3CC3)c12. The number of carboxylic acid groups (broad SMARTS) is 1. The number of pyridine rings is 2. The number of thiophene rings is 1. The van der Waals surface area contributed by atoms with Crippen molar-refractivity contribution in [3.05, 3.63) is 61.9 Å². The lowest BCUT2D eigenvalue weighted by Crippen LogP contribution is -2.23. The fourth-order valence-electron chi connectivity index (χ4n) is 4.62. The first-order chi connectivity index (χ1) is 13.9.